The van der Waals surface area contributed by atoms with E-state index < -0.39 is 4.92 Å². The standard InChI is InChI=1S/C12H15ClN2O3S/c13-7-2-8-14(9-3-1-4-9)12(16)10-5-6-11(19-10)15(17)18/h5-6,9H,1-4,7-8H2. The highest BCUT2D eigenvalue weighted by atomic mass is 35.5. The topological polar surface area (TPSA) is 63.4 Å². The molecular formula is C12H15ClN2O3S. The Morgan fingerprint density at radius 2 is 2.26 bits per heavy atom. The Balaban J connectivity index is 2.10. The molecule has 1 aliphatic carbocycles. The van der Waals surface area contributed by atoms with E-state index in [-0.39, 0.29) is 17.0 Å². The van der Waals surface area contributed by atoms with Crippen molar-refractivity contribution in [3.8, 4) is 0 Å². The van der Waals surface area contributed by atoms with Gasteiger partial charge in [-0.15, -0.1) is 11.6 Å². The number of thiophene rings is 1. The SMILES string of the molecule is O=C(c1ccc([N+](=O)[O-])s1)N(CCCCl)C1CCC1. The van der Waals surface area contributed by atoms with Gasteiger partial charge < -0.3 is 4.90 Å². The van der Waals surface area contributed by atoms with Gasteiger partial charge in [-0.05, 0) is 31.7 Å². The Morgan fingerprint density at radius 3 is 2.74 bits per heavy atom. The fourth-order valence-electron chi connectivity index (χ4n) is 2.06. The molecule has 0 unspecified atom stereocenters. The highest BCUT2D eigenvalue weighted by Crippen LogP contribution is 2.30. The number of hydrogen-bond donors (Lipinski definition) is 0. The van der Waals surface area contributed by atoms with Crippen LogP contribution >= 0.6 is 22.9 Å². The van der Waals surface area contributed by atoms with Gasteiger partial charge in [-0.2, -0.15) is 0 Å². The number of nitro groups is 1. The predicted molar refractivity (Wildman–Crippen MR) is 75.0 cm³/mol. The first-order valence-electron chi connectivity index (χ1n) is 6.24. The van der Waals surface area contributed by atoms with Crippen molar-refractivity contribution in [1.82, 2.24) is 4.90 Å². The molecule has 0 atom stereocenters. The Kier molecular flexibility index (Phi) is 4.76. The molecule has 19 heavy (non-hydrogen) atoms. The predicted octanol–water partition coefficient (Wildman–Crippen LogP) is 3.28. The molecule has 0 bridgehead atoms. The third-order valence-corrected chi connectivity index (χ3v) is 4.58. The average Bonchev–Trinajstić information content (AvgIpc) is 2.80. The fraction of sp³-hybridized carbons (Fsp3) is 0.583. The zero-order valence-corrected chi connectivity index (χ0v) is 12.0. The molecule has 1 saturated carbocycles. The van der Waals surface area contributed by atoms with Crippen molar-refractivity contribution in [3.05, 3.63) is 27.1 Å². The summed E-state index contributed by atoms with van der Waals surface area (Å²) in [6.07, 6.45) is 3.92. The van der Waals surface area contributed by atoms with Crippen LogP contribution in [0.2, 0.25) is 0 Å². The number of rotatable bonds is 6. The molecule has 0 saturated heterocycles. The van der Waals surface area contributed by atoms with Crippen LogP contribution in [0.1, 0.15) is 35.4 Å². The van der Waals surface area contributed by atoms with E-state index in [1.54, 1.807) is 0 Å². The third kappa shape index (κ3) is 3.25. The van der Waals surface area contributed by atoms with E-state index in [4.69, 9.17) is 11.6 Å². The van der Waals surface area contributed by atoms with Crippen molar-refractivity contribution in [2.24, 2.45) is 0 Å². The molecule has 1 heterocycles. The molecule has 1 aromatic heterocycles. The van der Waals surface area contributed by atoms with Crippen LogP contribution in [-0.2, 0) is 0 Å². The smallest absolute Gasteiger partial charge is 0.324 e. The number of carbonyl (C=O) groups is 1. The summed E-state index contributed by atoms with van der Waals surface area (Å²) >= 11 is 6.62. The molecule has 0 spiro atoms. The monoisotopic (exact) mass is 302 g/mol. The van der Waals surface area contributed by atoms with E-state index in [0.29, 0.717) is 17.3 Å². The van der Waals surface area contributed by atoms with Gasteiger partial charge in [-0.25, -0.2) is 0 Å². The minimum absolute atomic E-state index is 0.00857. The van der Waals surface area contributed by atoms with Gasteiger partial charge in [0, 0.05) is 24.5 Å². The van der Waals surface area contributed by atoms with Crippen LogP contribution in [-0.4, -0.2) is 34.2 Å². The van der Waals surface area contributed by atoms with Gasteiger partial charge in [-0.3, -0.25) is 14.9 Å². The zero-order chi connectivity index (χ0) is 13.8. The summed E-state index contributed by atoms with van der Waals surface area (Å²) in [5.41, 5.74) is 0. The lowest BCUT2D eigenvalue weighted by Crippen LogP contribution is -2.44. The second-order valence-corrected chi connectivity index (χ2v) is 5.96. The maximum Gasteiger partial charge on any atom is 0.324 e. The summed E-state index contributed by atoms with van der Waals surface area (Å²) in [6, 6.07) is 3.20. The molecule has 1 amide bonds. The number of nitrogens with zero attached hydrogens (tertiary/aromatic N) is 2. The Labute approximate surface area is 120 Å². The Hall–Kier alpha value is -1.14. The van der Waals surface area contributed by atoms with Crippen molar-refractivity contribution < 1.29 is 9.72 Å². The van der Waals surface area contributed by atoms with E-state index in [1.807, 2.05) is 4.90 Å². The van der Waals surface area contributed by atoms with Gasteiger partial charge in [0.05, 0.1) is 9.80 Å². The largest absolute Gasteiger partial charge is 0.335 e. The number of alkyl halides is 1. The molecule has 104 valence electrons. The summed E-state index contributed by atoms with van der Waals surface area (Å²) in [5.74, 6) is 0.411. The van der Waals surface area contributed by atoms with Crippen LogP contribution in [0, 0.1) is 10.1 Å². The normalized spacial score (nSPS) is 15.0. The molecule has 7 heteroatoms. The van der Waals surface area contributed by atoms with Crippen molar-refractivity contribution in [2.45, 2.75) is 31.7 Å². The molecule has 1 aliphatic rings. The number of carbonyl (C=O) groups excluding carboxylic acids is 1. The van der Waals surface area contributed by atoms with Crippen molar-refractivity contribution in [3.63, 3.8) is 0 Å². The number of hydrogen-bond acceptors (Lipinski definition) is 4. The molecule has 0 aliphatic heterocycles. The van der Waals surface area contributed by atoms with Crippen molar-refractivity contribution >= 4 is 33.8 Å². The lowest BCUT2D eigenvalue weighted by atomic mass is 9.91. The quantitative estimate of drug-likeness (QED) is 0.460. The minimum atomic E-state index is -0.464. The van der Waals surface area contributed by atoms with Crippen LogP contribution in [0.5, 0.6) is 0 Å². The lowest BCUT2D eigenvalue weighted by Gasteiger charge is -2.37. The van der Waals surface area contributed by atoms with Gasteiger partial charge >= 0.3 is 5.00 Å². The summed E-state index contributed by atoms with van der Waals surface area (Å²) < 4.78 is 0. The van der Waals surface area contributed by atoms with E-state index >= 15 is 0 Å². The van der Waals surface area contributed by atoms with Gasteiger partial charge in [0.25, 0.3) is 5.91 Å². The van der Waals surface area contributed by atoms with E-state index in [2.05, 4.69) is 0 Å². The maximum absolute atomic E-state index is 12.4. The van der Waals surface area contributed by atoms with Crippen LogP contribution in [0.25, 0.3) is 0 Å². The summed E-state index contributed by atoms with van der Waals surface area (Å²) in [7, 11) is 0. The first-order chi connectivity index (χ1) is 9.13. The molecule has 5 nitrogen and oxygen atoms in total. The molecule has 0 aromatic carbocycles. The average molecular weight is 303 g/mol. The van der Waals surface area contributed by atoms with Crippen LogP contribution in [0.4, 0.5) is 5.00 Å². The second kappa shape index (κ2) is 6.34. The Morgan fingerprint density at radius 1 is 1.53 bits per heavy atom. The highest BCUT2D eigenvalue weighted by molar-refractivity contribution is 7.17. The molecule has 2 rings (SSSR count). The van der Waals surface area contributed by atoms with Crippen molar-refractivity contribution in [1.29, 1.82) is 0 Å². The van der Waals surface area contributed by atoms with Crippen molar-refractivity contribution in [2.75, 3.05) is 12.4 Å². The van der Waals surface area contributed by atoms with E-state index in [0.717, 1.165) is 37.0 Å². The second-order valence-electron chi connectivity index (χ2n) is 4.52. The molecule has 0 radical (unpaired) electrons. The summed E-state index contributed by atoms with van der Waals surface area (Å²) in [4.78, 5) is 24.8. The number of amides is 1. The summed E-state index contributed by atoms with van der Waals surface area (Å²) in [5, 5.41) is 10.7. The number of halogens is 1. The van der Waals surface area contributed by atoms with Gasteiger partial charge in [0.15, 0.2) is 0 Å². The Bertz CT molecular complexity index is 473. The third-order valence-electron chi connectivity index (χ3n) is 3.29. The van der Waals surface area contributed by atoms with Gasteiger partial charge in [0.2, 0.25) is 0 Å². The van der Waals surface area contributed by atoms with Gasteiger partial charge in [-0.1, -0.05) is 11.3 Å². The maximum atomic E-state index is 12.4. The fourth-order valence-corrected chi connectivity index (χ4v) is 2.96. The summed E-state index contributed by atoms with van der Waals surface area (Å²) in [6.45, 7) is 0.624. The van der Waals surface area contributed by atoms with Crippen LogP contribution < -0.4 is 0 Å². The first kappa shape index (κ1) is 14.3. The van der Waals surface area contributed by atoms with Crippen LogP contribution in [0.15, 0.2) is 12.1 Å². The molecule has 1 fully saturated rings. The van der Waals surface area contributed by atoms with Gasteiger partial charge in [0.1, 0.15) is 0 Å². The zero-order valence-electron chi connectivity index (χ0n) is 10.4. The molecule has 1 aromatic rings. The van der Waals surface area contributed by atoms with Crippen LogP contribution in [0.3, 0.4) is 0 Å². The van der Waals surface area contributed by atoms with E-state index in [1.165, 1.54) is 12.1 Å². The lowest BCUT2D eigenvalue weighted by molar-refractivity contribution is -0.380. The van der Waals surface area contributed by atoms with E-state index in [9.17, 15) is 14.9 Å². The first-order valence-corrected chi connectivity index (χ1v) is 7.59. The molecular weight excluding hydrogens is 288 g/mol. The molecule has 0 N–H and O–H groups in total. The highest BCUT2D eigenvalue weighted by Gasteiger charge is 2.30. The minimum Gasteiger partial charge on any atom is -0.335 e.